The minimum atomic E-state index is 0.558. The summed E-state index contributed by atoms with van der Waals surface area (Å²) in [7, 11) is 0. The molecule has 0 aliphatic carbocycles. The largest absolute Gasteiger partial charge is 0.382 e. The molecule has 0 unspecified atom stereocenters. The zero-order valence-corrected chi connectivity index (χ0v) is 10.0. The lowest BCUT2D eigenvalue weighted by molar-refractivity contribution is 0.670. The number of halogens is 1. The van der Waals surface area contributed by atoms with Gasteiger partial charge in [0.25, 0.3) is 0 Å². The van der Waals surface area contributed by atoms with Crippen LogP contribution in [0.3, 0.4) is 0 Å². The summed E-state index contributed by atoms with van der Waals surface area (Å²) in [5, 5.41) is 4.22. The number of aromatic nitrogens is 2. The number of rotatable bonds is 2. The van der Waals surface area contributed by atoms with Crippen molar-refractivity contribution in [2.45, 2.75) is 13.5 Å². The first kappa shape index (κ1) is 10.2. The van der Waals surface area contributed by atoms with E-state index in [0.717, 1.165) is 22.3 Å². The van der Waals surface area contributed by atoms with Crippen LogP contribution in [-0.2, 0) is 6.54 Å². The van der Waals surface area contributed by atoms with Gasteiger partial charge in [0.1, 0.15) is 5.82 Å². The van der Waals surface area contributed by atoms with Crippen LogP contribution in [0, 0.1) is 0 Å². The van der Waals surface area contributed by atoms with Gasteiger partial charge in [-0.2, -0.15) is 5.10 Å². The number of hydrogen-bond acceptors (Lipinski definition) is 2. The summed E-state index contributed by atoms with van der Waals surface area (Å²) in [5.41, 5.74) is 7.85. The molecule has 78 valence electrons. The van der Waals surface area contributed by atoms with Gasteiger partial charge in [0, 0.05) is 22.6 Å². The molecule has 2 rings (SSSR count). The van der Waals surface area contributed by atoms with Crippen molar-refractivity contribution in [2.24, 2.45) is 0 Å². The van der Waals surface area contributed by atoms with Crippen molar-refractivity contribution in [1.82, 2.24) is 9.78 Å². The van der Waals surface area contributed by atoms with Crippen molar-refractivity contribution in [3.05, 3.63) is 34.8 Å². The van der Waals surface area contributed by atoms with Gasteiger partial charge < -0.3 is 5.73 Å². The van der Waals surface area contributed by atoms with E-state index in [1.165, 1.54) is 0 Å². The maximum absolute atomic E-state index is 5.70. The molecule has 3 nitrogen and oxygen atoms in total. The van der Waals surface area contributed by atoms with Crippen LogP contribution in [0.25, 0.3) is 11.3 Å². The fourth-order valence-electron chi connectivity index (χ4n) is 1.56. The van der Waals surface area contributed by atoms with Crippen LogP contribution in [-0.4, -0.2) is 9.78 Å². The maximum atomic E-state index is 5.70. The smallest absolute Gasteiger partial charge is 0.146 e. The molecule has 15 heavy (non-hydrogen) atoms. The second-order valence-corrected chi connectivity index (χ2v) is 4.10. The molecule has 0 atom stereocenters. The summed E-state index contributed by atoms with van der Waals surface area (Å²) in [5.74, 6) is 0.558. The lowest BCUT2D eigenvalue weighted by atomic mass is 10.1. The van der Waals surface area contributed by atoms with Crippen molar-refractivity contribution in [1.29, 1.82) is 0 Å². The van der Waals surface area contributed by atoms with E-state index < -0.39 is 0 Å². The van der Waals surface area contributed by atoms with Crippen molar-refractivity contribution in [3.8, 4) is 11.3 Å². The summed E-state index contributed by atoms with van der Waals surface area (Å²) >= 11 is 3.52. The maximum Gasteiger partial charge on any atom is 0.146 e. The second kappa shape index (κ2) is 4.06. The lowest BCUT2D eigenvalue weighted by Crippen LogP contribution is -1.99. The van der Waals surface area contributed by atoms with E-state index in [-0.39, 0.29) is 0 Å². The van der Waals surface area contributed by atoms with Crippen LogP contribution in [0.5, 0.6) is 0 Å². The van der Waals surface area contributed by atoms with Crippen LogP contribution in [0.15, 0.2) is 34.8 Å². The normalized spacial score (nSPS) is 10.5. The van der Waals surface area contributed by atoms with Gasteiger partial charge in [0.2, 0.25) is 0 Å². The lowest BCUT2D eigenvalue weighted by Gasteiger charge is -2.05. The van der Waals surface area contributed by atoms with Crippen LogP contribution < -0.4 is 5.73 Å². The molecule has 0 spiro atoms. The molecule has 0 fully saturated rings. The molecular weight excluding hydrogens is 254 g/mol. The number of hydrogen-bond donors (Lipinski definition) is 1. The molecule has 4 heteroatoms. The molecule has 2 aromatic rings. The van der Waals surface area contributed by atoms with Crippen LogP contribution in [0.1, 0.15) is 6.92 Å². The first-order valence-electron chi connectivity index (χ1n) is 4.80. The number of nitrogens with two attached hydrogens (primary N) is 1. The fourth-order valence-corrected chi connectivity index (χ4v) is 2.05. The molecule has 0 radical (unpaired) electrons. The van der Waals surface area contributed by atoms with Crippen LogP contribution >= 0.6 is 15.9 Å². The Bertz CT molecular complexity index is 476. The minimum absolute atomic E-state index is 0.558. The third-order valence-corrected chi connectivity index (χ3v) is 2.94. The van der Waals surface area contributed by atoms with Gasteiger partial charge in [-0.25, -0.2) is 0 Å². The van der Waals surface area contributed by atoms with Gasteiger partial charge in [-0.1, -0.05) is 34.1 Å². The van der Waals surface area contributed by atoms with E-state index in [1.807, 2.05) is 41.9 Å². The topological polar surface area (TPSA) is 43.8 Å². The van der Waals surface area contributed by atoms with Crippen molar-refractivity contribution >= 4 is 21.7 Å². The second-order valence-electron chi connectivity index (χ2n) is 3.25. The van der Waals surface area contributed by atoms with Gasteiger partial charge in [-0.3, -0.25) is 4.68 Å². The molecule has 0 aliphatic heterocycles. The zero-order valence-electron chi connectivity index (χ0n) is 8.44. The van der Waals surface area contributed by atoms with Gasteiger partial charge in [0.05, 0.1) is 5.69 Å². The van der Waals surface area contributed by atoms with E-state index in [9.17, 15) is 0 Å². The fraction of sp³-hybridized carbons (Fsp3) is 0.182. The average molecular weight is 266 g/mol. The molecular formula is C11H12BrN3. The first-order valence-corrected chi connectivity index (χ1v) is 5.60. The Kier molecular flexibility index (Phi) is 2.77. The Morgan fingerprint density at radius 2 is 2.13 bits per heavy atom. The van der Waals surface area contributed by atoms with Gasteiger partial charge in [-0.05, 0) is 13.0 Å². The molecule has 0 saturated carbocycles. The van der Waals surface area contributed by atoms with Crippen molar-refractivity contribution < 1.29 is 0 Å². The Morgan fingerprint density at radius 3 is 2.80 bits per heavy atom. The predicted molar refractivity (Wildman–Crippen MR) is 65.4 cm³/mol. The molecule has 1 heterocycles. The molecule has 0 amide bonds. The summed E-state index contributed by atoms with van der Waals surface area (Å²) < 4.78 is 2.95. The Morgan fingerprint density at radius 1 is 1.40 bits per heavy atom. The SMILES string of the molecule is CCn1nc(N)cc1-c1ccccc1Br. The number of nitrogens with zero attached hydrogens (tertiary/aromatic N) is 2. The third kappa shape index (κ3) is 1.90. The number of anilines is 1. The van der Waals surface area contributed by atoms with Gasteiger partial charge >= 0.3 is 0 Å². The van der Waals surface area contributed by atoms with Crippen LogP contribution in [0.4, 0.5) is 5.82 Å². The molecule has 1 aromatic heterocycles. The van der Waals surface area contributed by atoms with Crippen molar-refractivity contribution in [2.75, 3.05) is 5.73 Å². The molecule has 0 saturated heterocycles. The highest BCUT2D eigenvalue weighted by Crippen LogP contribution is 2.28. The average Bonchev–Trinajstić information content (AvgIpc) is 2.60. The van der Waals surface area contributed by atoms with Gasteiger partial charge in [-0.15, -0.1) is 0 Å². The summed E-state index contributed by atoms with van der Waals surface area (Å²) in [6.45, 7) is 2.86. The Hall–Kier alpha value is -1.29. The van der Waals surface area contributed by atoms with E-state index >= 15 is 0 Å². The quantitative estimate of drug-likeness (QED) is 0.908. The summed E-state index contributed by atoms with van der Waals surface area (Å²) in [6, 6.07) is 9.95. The highest BCUT2D eigenvalue weighted by Gasteiger charge is 2.09. The Balaban J connectivity index is 2.58. The highest BCUT2D eigenvalue weighted by atomic mass is 79.9. The monoisotopic (exact) mass is 265 g/mol. The molecule has 2 N–H and O–H groups in total. The summed E-state index contributed by atoms with van der Waals surface area (Å²) in [6.07, 6.45) is 0. The van der Waals surface area contributed by atoms with E-state index in [1.54, 1.807) is 0 Å². The van der Waals surface area contributed by atoms with Crippen molar-refractivity contribution in [3.63, 3.8) is 0 Å². The van der Waals surface area contributed by atoms with E-state index in [4.69, 9.17) is 5.73 Å². The zero-order chi connectivity index (χ0) is 10.8. The predicted octanol–water partition coefficient (Wildman–Crippen LogP) is 2.91. The first-order chi connectivity index (χ1) is 7.22. The number of aryl methyl sites for hydroxylation is 1. The Labute approximate surface area is 97.0 Å². The highest BCUT2D eigenvalue weighted by molar-refractivity contribution is 9.10. The van der Waals surface area contributed by atoms with E-state index in [0.29, 0.717) is 5.82 Å². The minimum Gasteiger partial charge on any atom is -0.382 e. The number of benzene rings is 1. The summed E-state index contributed by atoms with van der Waals surface area (Å²) in [4.78, 5) is 0. The number of nitrogen functional groups attached to an aromatic ring is 1. The standard InChI is InChI=1S/C11H12BrN3/c1-2-15-10(7-11(13)14-15)8-5-3-4-6-9(8)12/h3-7H,2H2,1H3,(H2,13,14). The third-order valence-electron chi connectivity index (χ3n) is 2.25. The van der Waals surface area contributed by atoms with Gasteiger partial charge in [0.15, 0.2) is 0 Å². The van der Waals surface area contributed by atoms with E-state index in [2.05, 4.69) is 21.0 Å². The molecule has 1 aromatic carbocycles. The molecule has 0 aliphatic rings. The van der Waals surface area contributed by atoms with Crippen LogP contribution in [0.2, 0.25) is 0 Å². The molecule has 0 bridgehead atoms.